The van der Waals surface area contributed by atoms with Crippen LogP contribution in [0.1, 0.15) is 52.2 Å². The van der Waals surface area contributed by atoms with E-state index < -0.39 is 42.2 Å². The molecule has 0 fully saturated rings. The highest BCUT2D eigenvalue weighted by Gasteiger charge is 2.46. The van der Waals surface area contributed by atoms with E-state index >= 15 is 0 Å². The molecule has 42 heavy (non-hydrogen) atoms. The van der Waals surface area contributed by atoms with Gasteiger partial charge in [-0.1, -0.05) is 68.5 Å². The lowest BCUT2D eigenvalue weighted by molar-refractivity contribution is -0.416. The number of hydrogen-bond donors (Lipinski definition) is 2. The van der Waals surface area contributed by atoms with E-state index in [0.717, 1.165) is 44.7 Å². The zero-order valence-corrected chi connectivity index (χ0v) is 26.1. The molecule has 3 aromatic rings. The van der Waals surface area contributed by atoms with Gasteiger partial charge < -0.3 is 4.90 Å². The Balaban J connectivity index is 1.62. The van der Waals surface area contributed by atoms with E-state index in [1.807, 2.05) is 68.5 Å². The summed E-state index contributed by atoms with van der Waals surface area (Å²) in [6, 6.07) is 19.8. The van der Waals surface area contributed by atoms with E-state index in [-0.39, 0.29) is 6.42 Å². The van der Waals surface area contributed by atoms with E-state index in [2.05, 4.69) is 43.0 Å². The molecule has 10 heteroatoms. The van der Waals surface area contributed by atoms with Gasteiger partial charge in [0.05, 0.1) is 10.7 Å². The summed E-state index contributed by atoms with van der Waals surface area (Å²) in [5.74, 6) is -0.563. The second kappa shape index (κ2) is 10.4. The molecule has 2 aliphatic heterocycles. The van der Waals surface area contributed by atoms with E-state index in [9.17, 15) is 25.9 Å². The van der Waals surface area contributed by atoms with Gasteiger partial charge in [-0.05, 0) is 55.7 Å². The van der Waals surface area contributed by atoms with Crippen molar-refractivity contribution in [2.45, 2.75) is 57.1 Å². The maximum atomic E-state index is 12.0. The molecule has 2 aliphatic rings. The summed E-state index contributed by atoms with van der Waals surface area (Å²) >= 11 is 0. The number of anilines is 1. The highest BCUT2D eigenvalue weighted by atomic mass is 32.2. The maximum Gasteiger partial charge on any atom is 0.326 e. The monoisotopic (exact) mass is 609 g/mol. The molecule has 0 saturated carbocycles. The molecule has 0 amide bonds. The summed E-state index contributed by atoms with van der Waals surface area (Å²) in [7, 11) is -8.49. The Kier molecular flexibility index (Phi) is 7.50. The summed E-state index contributed by atoms with van der Waals surface area (Å²) < 4.78 is 68.6. The van der Waals surface area contributed by atoms with Crippen LogP contribution in [0.15, 0.2) is 84.6 Å². The van der Waals surface area contributed by atoms with E-state index in [0.29, 0.717) is 6.54 Å². The Hall–Kier alpha value is -3.31. The molecule has 222 valence electrons. The van der Waals surface area contributed by atoms with Crippen LogP contribution in [0.3, 0.4) is 0 Å². The highest BCUT2D eigenvalue weighted by Crippen LogP contribution is 2.51. The normalized spacial score (nSPS) is 19.6. The Bertz CT molecular complexity index is 1890. The van der Waals surface area contributed by atoms with Gasteiger partial charge in [0.2, 0.25) is 5.69 Å². The van der Waals surface area contributed by atoms with Crippen LogP contribution >= 0.6 is 0 Å². The molecule has 1 atom stereocenters. The second-order valence-corrected chi connectivity index (χ2v) is 15.4. The molecule has 8 nitrogen and oxygen atoms in total. The van der Waals surface area contributed by atoms with Crippen molar-refractivity contribution in [2.75, 3.05) is 17.3 Å². The van der Waals surface area contributed by atoms with Gasteiger partial charge >= 0.3 is 10.1 Å². The molecule has 0 saturated heterocycles. The van der Waals surface area contributed by atoms with Crippen LogP contribution in [0, 0.1) is 0 Å². The third-order valence-electron chi connectivity index (χ3n) is 8.62. The molecule has 0 bridgehead atoms. The molecule has 0 aliphatic carbocycles. The van der Waals surface area contributed by atoms with Crippen LogP contribution in [-0.2, 0) is 31.1 Å². The zero-order valence-electron chi connectivity index (χ0n) is 24.4. The zero-order chi connectivity index (χ0) is 30.7. The summed E-state index contributed by atoms with van der Waals surface area (Å²) in [6.07, 6.45) is 5.99. The molecular weight excluding hydrogens is 572 g/mol. The van der Waals surface area contributed by atoms with Gasteiger partial charge in [0, 0.05) is 41.1 Å². The fraction of sp³-hybridized carbons (Fsp3) is 0.344. The van der Waals surface area contributed by atoms with Crippen molar-refractivity contribution in [1.29, 1.82) is 0 Å². The molecule has 3 aromatic carbocycles. The number of rotatable bonds is 8. The first-order valence-corrected chi connectivity index (χ1v) is 17.0. The number of allylic oxidation sites excluding steroid dienone is 4. The standard InChI is InChI=1S/C32H36N2O6S2/c1-22(42(38,39)40)19-20-33-27-18-17-23-11-6-7-12-24(23)30(27)32(4,5)29(33)16-10-15-28-31(2,3)25-13-8-9-14-26(25)34(28)21-41(35,36)37/h6-18,22H,19-21H2,1-5H3,(H-,35,36,37,38,39,40)/p+1. The predicted molar refractivity (Wildman–Crippen MR) is 168 cm³/mol. The second-order valence-electron chi connectivity index (χ2n) is 12.1. The average Bonchev–Trinajstić information content (AvgIpc) is 3.25. The van der Waals surface area contributed by atoms with Gasteiger partial charge in [0.1, 0.15) is 0 Å². The van der Waals surface area contributed by atoms with Crippen LogP contribution in [0.2, 0.25) is 0 Å². The maximum absolute atomic E-state index is 12.0. The first-order valence-electron chi connectivity index (χ1n) is 13.9. The van der Waals surface area contributed by atoms with Crippen molar-refractivity contribution in [3.05, 3.63) is 95.7 Å². The van der Waals surface area contributed by atoms with Crippen molar-refractivity contribution in [2.24, 2.45) is 0 Å². The van der Waals surface area contributed by atoms with Crippen LogP contribution in [0.25, 0.3) is 10.8 Å². The van der Waals surface area contributed by atoms with Crippen LogP contribution in [0.4, 0.5) is 11.4 Å². The summed E-state index contributed by atoms with van der Waals surface area (Å²) in [4.78, 5) is 2.11. The number of hydrogen-bond acceptors (Lipinski definition) is 5. The number of nitrogens with zero attached hydrogens (tertiary/aromatic N) is 2. The fourth-order valence-corrected chi connectivity index (χ4v) is 7.42. The van der Waals surface area contributed by atoms with Crippen LogP contribution in [-0.4, -0.2) is 53.9 Å². The Labute approximate surface area is 248 Å². The molecule has 2 N–H and O–H groups in total. The molecular formula is C32H37N2O6S2+. The largest absolute Gasteiger partial charge is 0.344 e. The number of benzene rings is 3. The van der Waals surface area contributed by atoms with Gasteiger partial charge in [0.25, 0.3) is 16.0 Å². The Morgan fingerprint density at radius 1 is 0.905 bits per heavy atom. The minimum Gasteiger partial charge on any atom is -0.344 e. The van der Waals surface area contributed by atoms with Crippen molar-refractivity contribution < 1.29 is 30.5 Å². The van der Waals surface area contributed by atoms with Crippen LogP contribution in [0.5, 0.6) is 0 Å². The lowest BCUT2D eigenvalue weighted by atomic mass is 9.80. The smallest absolute Gasteiger partial charge is 0.326 e. The lowest BCUT2D eigenvalue weighted by Gasteiger charge is -2.27. The number of fused-ring (bicyclic) bond motifs is 4. The summed E-state index contributed by atoms with van der Waals surface area (Å²) in [5.41, 5.74) is 4.51. The molecule has 0 aromatic heterocycles. The average molecular weight is 610 g/mol. The Morgan fingerprint density at radius 3 is 2.26 bits per heavy atom. The molecule has 0 radical (unpaired) electrons. The van der Waals surface area contributed by atoms with Crippen molar-refractivity contribution in [1.82, 2.24) is 0 Å². The molecule has 0 spiro atoms. The quantitative estimate of drug-likeness (QED) is 0.239. The summed E-state index contributed by atoms with van der Waals surface area (Å²) in [6.45, 7) is 10.2. The minimum absolute atomic E-state index is 0.226. The molecule has 2 heterocycles. The van der Waals surface area contributed by atoms with Gasteiger partial charge in [-0.25, -0.2) is 0 Å². The SMILES string of the molecule is CC(CCN1C(=CC=CC2=[N+](CS(=O)(=O)O)c3ccccc3C2(C)C)C(C)(C)c2c1ccc1ccccc21)S(=O)(=O)O. The van der Waals surface area contributed by atoms with Crippen molar-refractivity contribution in [3.8, 4) is 0 Å². The topological polar surface area (TPSA) is 115 Å². The third-order valence-corrected chi connectivity index (χ3v) is 10.5. The van der Waals surface area contributed by atoms with E-state index in [1.165, 1.54) is 6.92 Å². The first kappa shape index (κ1) is 30.2. The predicted octanol–water partition coefficient (Wildman–Crippen LogP) is 5.97. The van der Waals surface area contributed by atoms with Gasteiger partial charge in [-0.3, -0.25) is 9.11 Å². The first-order chi connectivity index (χ1) is 19.5. The number of para-hydroxylation sites is 1. The highest BCUT2D eigenvalue weighted by molar-refractivity contribution is 7.86. The van der Waals surface area contributed by atoms with Crippen molar-refractivity contribution in [3.63, 3.8) is 0 Å². The third kappa shape index (κ3) is 5.32. The fourth-order valence-electron chi connectivity index (χ4n) is 6.41. The van der Waals surface area contributed by atoms with Gasteiger partial charge in [-0.15, -0.1) is 0 Å². The summed E-state index contributed by atoms with van der Waals surface area (Å²) in [5, 5.41) is 1.29. The molecule has 5 rings (SSSR count). The molecule has 1 unspecified atom stereocenters. The van der Waals surface area contributed by atoms with E-state index in [4.69, 9.17) is 0 Å². The van der Waals surface area contributed by atoms with Crippen LogP contribution < -0.4 is 4.90 Å². The lowest BCUT2D eigenvalue weighted by Crippen LogP contribution is -2.30. The minimum atomic E-state index is -4.31. The van der Waals surface area contributed by atoms with Gasteiger partial charge in [-0.2, -0.15) is 21.4 Å². The van der Waals surface area contributed by atoms with Gasteiger partial charge in [0.15, 0.2) is 5.71 Å². The Morgan fingerprint density at radius 2 is 1.57 bits per heavy atom. The van der Waals surface area contributed by atoms with Crippen molar-refractivity contribution >= 4 is 48.1 Å². The van der Waals surface area contributed by atoms with E-state index in [1.54, 1.807) is 4.58 Å².